The molecule has 0 aromatic heterocycles. The zero-order valence-electron chi connectivity index (χ0n) is 8.34. The first-order valence-electron chi connectivity index (χ1n) is 4.59. The highest BCUT2D eigenvalue weighted by atomic mass is 16.4. The number of carbonyl (C=O) groups is 3. The summed E-state index contributed by atoms with van der Waals surface area (Å²) >= 11 is 0. The summed E-state index contributed by atoms with van der Waals surface area (Å²) in [5.74, 6) is -2.40. The topological polar surface area (TPSA) is 91.7 Å². The number of rotatable bonds is 5. The maximum absolute atomic E-state index is 11.4. The summed E-state index contributed by atoms with van der Waals surface area (Å²) < 4.78 is 0. The molecule has 5 nitrogen and oxygen atoms in total. The number of aromatic carboxylic acids is 1. The van der Waals surface area contributed by atoms with Gasteiger partial charge in [-0.05, 0) is 12.1 Å². The van der Waals surface area contributed by atoms with E-state index in [0.717, 1.165) is 0 Å². The maximum atomic E-state index is 11.4. The fourth-order valence-electron chi connectivity index (χ4n) is 1.16. The van der Waals surface area contributed by atoms with Crippen molar-refractivity contribution in [2.75, 3.05) is 0 Å². The molecule has 0 aliphatic heterocycles. The molecule has 0 spiro atoms. The van der Waals surface area contributed by atoms with Crippen LogP contribution in [0.3, 0.4) is 0 Å². The Labute approximate surface area is 91.3 Å². The lowest BCUT2D eigenvalue weighted by atomic mass is 10.0. The Bertz CT molecular complexity index is 419. The second-order valence-electron chi connectivity index (χ2n) is 3.20. The van der Waals surface area contributed by atoms with Crippen LogP contribution in [0, 0.1) is 0 Å². The molecule has 0 saturated heterocycles. The number of benzene rings is 1. The Morgan fingerprint density at radius 3 is 1.81 bits per heavy atom. The van der Waals surface area contributed by atoms with Crippen molar-refractivity contribution >= 4 is 17.7 Å². The normalized spacial score (nSPS) is 9.75. The third-order valence-electron chi connectivity index (χ3n) is 2.02. The van der Waals surface area contributed by atoms with Crippen molar-refractivity contribution in [1.29, 1.82) is 0 Å². The van der Waals surface area contributed by atoms with Gasteiger partial charge in [-0.2, -0.15) is 0 Å². The lowest BCUT2D eigenvalue weighted by Gasteiger charge is -1.99. The molecule has 0 radical (unpaired) electrons. The van der Waals surface area contributed by atoms with Gasteiger partial charge in [-0.15, -0.1) is 0 Å². The number of carboxylic acid groups (broad SMARTS) is 2. The zero-order valence-corrected chi connectivity index (χ0v) is 8.34. The first kappa shape index (κ1) is 11.9. The molecular weight excluding hydrogens is 212 g/mol. The summed E-state index contributed by atoms with van der Waals surface area (Å²) in [7, 11) is 0. The van der Waals surface area contributed by atoms with E-state index < -0.39 is 11.9 Å². The summed E-state index contributed by atoms with van der Waals surface area (Å²) in [5.41, 5.74) is 0.418. The van der Waals surface area contributed by atoms with Crippen LogP contribution < -0.4 is 0 Å². The third-order valence-corrected chi connectivity index (χ3v) is 2.02. The average Bonchev–Trinajstić information content (AvgIpc) is 2.26. The minimum absolute atomic E-state index is 0.0816. The van der Waals surface area contributed by atoms with Crippen LogP contribution in [0.4, 0.5) is 0 Å². The minimum atomic E-state index is -1.07. The molecule has 1 aromatic rings. The lowest BCUT2D eigenvalue weighted by molar-refractivity contribution is -0.136. The second kappa shape index (κ2) is 5.06. The van der Waals surface area contributed by atoms with Gasteiger partial charge in [0.2, 0.25) is 0 Å². The van der Waals surface area contributed by atoms with Crippen LogP contribution >= 0.6 is 0 Å². The van der Waals surface area contributed by atoms with Gasteiger partial charge in [0, 0.05) is 12.0 Å². The Hall–Kier alpha value is -2.17. The van der Waals surface area contributed by atoms with Crippen molar-refractivity contribution in [2.24, 2.45) is 0 Å². The van der Waals surface area contributed by atoms with Gasteiger partial charge in [0.15, 0.2) is 5.78 Å². The largest absolute Gasteiger partial charge is 0.481 e. The minimum Gasteiger partial charge on any atom is -0.481 e. The number of ketones is 1. The van der Waals surface area contributed by atoms with E-state index >= 15 is 0 Å². The first-order valence-corrected chi connectivity index (χ1v) is 4.59. The molecule has 84 valence electrons. The Morgan fingerprint density at radius 1 is 0.875 bits per heavy atom. The molecule has 2 N–H and O–H groups in total. The summed E-state index contributed by atoms with van der Waals surface area (Å²) in [4.78, 5) is 32.2. The highest BCUT2D eigenvalue weighted by Gasteiger charge is 2.09. The molecule has 0 amide bonds. The van der Waals surface area contributed by atoms with Crippen LogP contribution in [0.15, 0.2) is 24.3 Å². The van der Waals surface area contributed by atoms with E-state index in [2.05, 4.69) is 0 Å². The number of hydrogen-bond donors (Lipinski definition) is 2. The molecule has 1 aromatic carbocycles. The highest BCUT2D eigenvalue weighted by molar-refractivity contribution is 5.98. The van der Waals surface area contributed by atoms with Gasteiger partial charge in [-0.1, -0.05) is 12.1 Å². The van der Waals surface area contributed by atoms with Gasteiger partial charge in [0.25, 0.3) is 0 Å². The van der Waals surface area contributed by atoms with Crippen LogP contribution in [0.1, 0.15) is 33.6 Å². The fraction of sp³-hybridized carbons (Fsp3) is 0.182. The van der Waals surface area contributed by atoms with Gasteiger partial charge < -0.3 is 10.2 Å². The van der Waals surface area contributed by atoms with Crippen LogP contribution in [0.5, 0.6) is 0 Å². The average molecular weight is 222 g/mol. The quantitative estimate of drug-likeness (QED) is 0.735. The van der Waals surface area contributed by atoms with Gasteiger partial charge in [0.1, 0.15) is 0 Å². The number of carbonyl (C=O) groups excluding carboxylic acids is 1. The molecular formula is C11H10O5. The zero-order chi connectivity index (χ0) is 12.1. The predicted octanol–water partition coefficient (Wildman–Crippen LogP) is 1.43. The number of Topliss-reactive ketones (excluding diaryl/α,β-unsaturated/α-hetero) is 1. The third kappa shape index (κ3) is 3.20. The van der Waals surface area contributed by atoms with Crippen molar-refractivity contribution in [1.82, 2.24) is 0 Å². The molecule has 0 heterocycles. The van der Waals surface area contributed by atoms with Crippen molar-refractivity contribution in [2.45, 2.75) is 12.8 Å². The summed E-state index contributed by atoms with van der Waals surface area (Å²) in [6.45, 7) is 0. The van der Waals surface area contributed by atoms with Gasteiger partial charge in [-0.3, -0.25) is 9.59 Å². The maximum Gasteiger partial charge on any atom is 0.335 e. The molecule has 0 fully saturated rings. The molecule has 5 heteroatoms. The van der Waals surface area contributed by atoms with Crippen LogP contribution in [-0.2, 0) is 4.79 Å². The number of carboxylic acids is 2. The van der Waals surface area contributed by atoms with Gasteiger partial charge in [-0.25, -0.2) is 4.79 Å². The summed E-state index contributed by atoms with van der Waals surface area (Å²) in [6, 6.07) is 5.40. The molecule has 0 bridgehead atoms. The van der Waals surface area contributed by atoms with Gasteiger partial charge >= 0.3 is 11.9 Å². The Morgan fingerprint density at radius 2 is 1.38 bits per heavy atom. The van der Waals surface area contributed by atoms with Crippen molar-refractivity contribution < 1.29 is 24.6 Å². The number of aliphatic carboxylic acids is 1. The highest BCUT2D eigenvalue weighted by Crippen LogP contribution is 2.08. The van der Waals surface area contributed by atoms with Crippen LogP contribution in [-0.4, -0.2) is 27.9 Å². The predicted molar refractivity (Wildman–Crippen MR) is 54.6 cm³/mol. The SMILES string of the molecule is O=C(O)CCC(=O)c1ccc(C(=O)O)cc1. The Balaban J connectivity index is 2.70. The number of hydrogen-bond acceptors (Lipinski definition) is 3. The molecule has 0 aliphatic rings. The molecule has 0 unspecified atom stereocenters. The van der Waals surface area contributed by atoms with Crippen LogP contribution in [0.25, 0.3) is 0 Å². The molecule has 0 saturated carbocycles. The fourth-order valence-corrected chi connectivity index (χ4v) is 1.16. The monoisotopic (exact) mass is 222 g/mol. The standard InChI is InChI=1S/C11H10O5/c12-9(5-6-10(13)14)7-1-3-8(4-2-7)11(15)16/h1-4H,5-6H2,(H,13,14)(H,15,16). The molecule has 1 rings (SSSR count). The van der Waals surface area contributed by atoms with Gasteiger partial charge in [0.05, 0.1) is 12.0 Å². The van der Waals surface area contributed by atoms with E-state index in [-0.39, 0.29) is 24.2 Å². The summed E-state index contributed by atoms with van der Waals surface area (Å²) in [6.07, 6.45) is -0.304. The molecule has 0 atom stereocenters. The second-order valence-corrected chi connectivity index (χ2v) is 3.20. The van der Waals surface area contributed by atoms with E-state index in [1.54, 1.807) is 0 Å². The van der Waals surface area contributed by atoms with E-state index in [4.69, 9.17) is 10.2 Å². The molecule has 0 aliphatic carbocycles. The van der Waals surface area contributed by atoms with E-state index in [9.17, 15) is 14.4 Å². The summed E-state index contributed by atoms with van der Waals surface area (Å²) in [5, 5.41) is 17.0. The Kier molecular flexibility index (Phi) is 3.77. The van der Waals surface area contributed by atoms with Crippen molar-refractivity contribution in [3.63, 3.8) is 0 Å². The van der Waals surface area contributed by atoms with E-state index in [1.165, 1.54) is 24.3 Å². The lowest BCUT2D eigenvalue weighted by Crippen LogP contribution is -2.04. The van der Waals surface area contributed by atoms with Crippen molar-refractivity contribution in [3.8, 4) is 0 Å². The van der Waals surface area contributed by atoms with Crippen LogP contribution in [0.2, 0.25) is 0 Å². The first-order chi connectivity index (χ1) is 7.50. The van der Waals surface area contributed by atoms with E-state index in [1.807, 2.05) is 0 Å². The smallest absolute Gasteiger partial charge is 0.335 e. The van der Waals surface area contributed by atoms with E-state index in [0.29, 0.717) is 5.56 Å². The molecule has 16 heavy (non-hydrogen) atoms. The van der Waals surface area contributed by atoms with Crippen molar-refractivity contribution in [3.05, 3.63) is 35.4 Å².